The van der Waals surface area contributed by atoms with Gasteiger partial charge in [-0.05, 0) is 36.4 Å². The summed E-state index contributed by atoms with van der Waals surface area (Å²) in [7, 11) is 0. The van der Waals surface area contributed by atoms with Crippen LogP contribution < -0.4 is 10.1 Å². The summed E-state index contributed by atoms with van der Waals surface area (Å²) in [6.07, 6.45) is -3.98. The van der Waals surface area contributed by atoms with E-state index in [-0.39, 0.29) is 32.9 Å². The van der Waals surface area contributed by atoms with E-state index < -0.39 is 22.5 Å². The number of alkyl halides is 3. The van der Waals surface area contributed by atoms with Gasteiger partial charge in [0, 0.05) is 24.0 Å². The SMILES string of the molecule is O=[N+]([O-])c1ccc(F)c(C(=S)Nc2ccc(Oc3ncc(C(F)(F)F)cc3Cl)cc2)c1. The summed E-state index contributed by atoms with van der Waals surface area (Å²) in [6, 6.07) is 9.57. The third-order valence-corrected chi connectivity index (χ3v) is 4.46. The van der Waals surface area contributed by atoms with Crippen molar-refractivity contribution >= 4 is 40.2 Å². The second-order valence-corrected chi connectivity index (χ2v) is 6.83. The molecular formula is C19H10ClF4N3O3S. The van der Waals surface area contributed by atoms with E-state index in [1.807, 2.05) is 0 Å². The van der Waals surface area contributed by atoms with Crippen LogP contribution in [-0.4, -0.2) is 14.9 Å². The zero-order valence-electron chi connectivity index (χ0n) is 15.1. The number of halogens is 5. The number of nitrogens with zero attached hydrogens (tertiary/aromatic N) is 2. The third-order valence-electron chi connectivity index (χ3n) is 3.87. The molecule has 0 saturated carbocycles. The van der Waals surface area contributed by atoms with Crippen LogP contribution in [0, 0.1) is 15.9 Å². The lowest BCUT2D eigenvalue weighted by atomic mass is 10.2. The van der Waals surface area contributed by atoms with Gasteiger partial charge in [0.1, 0.15) is 21.6 Å². The molecule has 0 bridgehead atoms. The average molecular weight is 472 g/mol. The maximum atomic E-state index is 14.0. The normalized spacial score (nSPS) is 11.1. The molecule has 0 radical (unpaired) electrons. The molecule has 31 heavy (non-hydrogen) atoms. The molecule has 0 spiro atoms. The molecule has 2 aromatic carbocycles. The lowest BCUT2D eigenvalue weighted by Gasteiger charge is -2.11. The first kappa shape index (κ1) is 22.4. The van der Waals surface area contributed by atoms with E-state index >= 15 is 0 Å². The van der Waals surface area contributed by atoms with Crippen LogP contribution in [0.3, 0.4) is 0 Å². The molecule has 160 valence electrons. The summed E-state index contributed by atoms with van der Waals surface area (Å²) in [4.78, 5) is 13.7. The van der Waals surface area contributed by atoms with Gasteiger partial charge in [0.25, 0.3) is 5.69 Å². The molecular weight excluding hydrogens is 462 g/mol. The van der Waals surface area contributed by atoms with Crippen LogP contribution in [0.2, 0.25) is 5.02 Å². The van der Waals surface area contributed by atoms with Crippen molar-refractivity contribution in [3.8, 4) is 11.6 Å². The van der Waals surface area contributed by atoms with Crippen molar-refractivity contribution in [3.63, 3.8) is 0 Å². The van der Waals surface area contributed by atoms with Crippen molar-refractivity contribution in [1.82, 2.24) is 4.98 Å². The van der Waals surface area contributed by atoms with Gasteiger partial charge in [-0.2, -0.15) is 13.2 Å². The number of nitrogens with one attached hydrogen (secondary N) is 1. The number of rotatable bonds is 5. The minimum absolute atomic E-state index is 0.0812. The van der Waals surface area contributed by atoms with E-state index in [0.29, 0.717) is 18.0 Å². The molecule has 0 amide bonds. The number of non-ortho nitro benzene ring substituents is 1. The van der Waals surface area contributed by atoms with Gasteiger partial charge < -0.3 is 10.1 Å². The Kier molecular flexibility index (Phi) is 6.37. The van der Waals surface area contributed by atoms with Crippen LogP contribution in [-0.2, 0) is 6.18 Å². The maximum Gasteiger partial charge on any atom is 0.417 e. The maximum absolute atomic E-state index is 14.0. The molecule has 1 N–H and O–H groups in total. The summed E-state index contributed by atoms with van der Waals surface area (Å²) in [5.74, 6) is -0.734. The van der Waals surface area contributed by atoms with E-state index in [1.54, 1.807) is 0 Å². The predicted octanol–water partition coefficient (Wildman–Crippen LogP) is 6.38. The van der Waals surface area contributed by atoms with Crippen molar-refractivity contribution in [2.75, 3.05) is 5.32 Å². The monoisotopic (exact) mass is 471 g/mol. The van der Waals surface area contributed by atoms with Gasteiger partial charge in [0.15, 0.2) is 0 Å². The van der Waals surface area contributed by atoms with E-state index in [2.05, 4.69) is 10.3 Å². The number of nitro groups is 1. The van der Waals surface area contributed by atoms with Crippen molar-refractivity contribution < 1.29 is 27.2 Å². The van der Waals surface area contributed by atoms with Crippen LogP contribution in [0.1, 0.15) is 11.1 Å². The molecule has 6 nitrogen and oxygen atoms in total. The lowest BCUT2D eigenvalue weighted by molar-refractivity contribution is -0.384. The number of hydrogen-bond donors (Lipinski definition) is 1. The predicted molar refractivity (Wildman–Crippen MR) is 109 cm³/mol. The zero-order chi connectivity index (χ0) is 22.8. The van der Waals surface area contributed by atoms with Gasteiger partial charge in [0.05, 0.1) is 16.1 Å². The Hall–Kier alpha value is -3.31. The Morgan fingerprint density at radius 2 is 1.84 bits per heavy atom. The van der Waals surface area contributed by atoms with Gasteiger partial charge in [-0.1, -0.05) is 23.8 Å². The molecule has 0 atom stereocenters. The summed E-state index contributed by atoms with van der Waals surface area (Å²) in [5.41, 5.74) is -1.06. The first-order chi connectivity index (χ1) is 14.5. The van der Waals surface area contributed by atoms with Crippen molar-refractivity contribution in [1.29, 1.82) is 0 Å². The number of hydrogen-bond acceptors (Lipinski definition) is 5. The second kappa shape index (κ2) is 8.82. The lowest BCUT2D eigenvalue weighted by Crippen LogP contribution is -2.12. The smallest absolute Gasteiger partial charge is 0.417 e. The fraction of sp³-hybridized carbons (Fsp3) is 0.0526. The van der Waals surface area contributed by atoms with Crippen molar-refractivity contribution in [3.05, 3.63) is 86.8 Å². The van der Waals surface area contributed by atoms with Crippen LogP contribution >= 0.6 is 23.8 Å². The molecule has 1 heterocycles. The van der Waals surface area contributed by atoms with Crippen molar-refractivity contribution in [2.45, 2.75) is 6.18 Å². The molecule has 0 aliphatic heterocycles. The van der Waals surface area contributed by atoms with Crippen LogP contribution in [0.25, 0.3) is 0 Å². The number of pyridine rings is 1. The number of aromatic nitrogens is 1. The summed E-state index contributed by atoms with van der Waals surface area (Å²) < 4.78 is 57.4. The highest BCUT2D eigenvalue weighted by molar-refractivity contribution is 7.81. The summed E-state index contributed by atoms with van der Waals surface area (Å²) in [6.45, 7) is 0. The molecule has 0 unspecified atom stereocenters. The van der Waals surface area contributed by atoms with Gasteiger partial charge in [-0.3, -0.25) is 10.1 Å². The van der Waals surface area contributed by atoms with E-state index in [9.17, 15) is 27.7 Å². The number of nitro benzene ring substituents is 1. The summed E-state index contributed by atoms with van der Waals surface area (Å²) >= 11 is 10.9. The molecule has 0 aliphatic rings. The van der Waals surface area contributed by atoms with E-state index in [0.717, 1.165) is 18.2 Å². The first-order valence-electron chi connectivity index (χ1n) is 8.30. The van der Waals surface area contributed by atoms with Crippen molar-refractivity contribution in [2.24, 2.45) is 0 Å². The third kappa shape index (κ3) is 5.44. The highest BCUT2D eigenvalue weighted by Gasteiger charge is 2.31. The molecule has 12 heteroatoms. The highest BCUT2D eigenvalue weighted by Crippen LogP contribution is 2.34. The standard InChI is InChI=1S/C19H10ClF4N3O3S/c20-15-7-10(19(22,23)24)9-25-17(15)30-13-4-1-11(2-5-13)26-18(31)14-8-12(27(28)29)3-6-16(14)21/h1-9H,(H,26,31). The first-order valence-corrected chi connectivity index (χ1v) is 9.09. The molecule has 0 fully saturated rings. The van der Waals surface area contributed by atoms with Crippen LogP contribution in [0.15, 0.2) is 54.7 Å². The Labute approximate surface area is 182 Å². The van der Waals surface area contributed by atoms with Gasteiger partial charge in [-0.25, -0.2) is 9.37 Å². The largest absolute Gasteiger partial charge is 0.438 e. The quantitative estimate of drug-likeness (QED) is 0.201. The number of ether oxygens (including phenoxy) is 1. The van der Waals surface area contributed by atoms with E-state index in [1.165, 1.54) is 24.3 Å². The fourth-order valence-electron chi connectivity index (χ4n) is 2.37. The van der Waals surface area contributed by atoms with Gasteiger partial charge >= 0.3 is 6.18 Å². The molecule has 0 aliphatic carbocycles. The molecule has 0 saturated heterocycles. The Balaban J connectivity index is 1.72. The fourth-order valence-corrected chi connectivity index (χ4v) is 2.85. The Morgan fingerprint density at radius 3 is 2.42 bits per heavy atom. The van der Waals surface area contributed by atoms with E-state index in [4.69, 9.17) is 28.6 Å². The molecule has 1 aromatic heterocycles. The molecule has 3 rings (SSSR count). The minimum atomic E-state index is -4.58. The van der Waals surface area contributed by atoms with Crippen LogP contribution in [0.4, 0.5) is 28.9 Å². The Morgan fingerprint density at radius 1 is 1.16 bits per heavy atom. The average Bonchev–Trinajstić information content (AvgIpc) is 2.70. The zero-order valence-corrected chi connectivity index (χ0v) is 16.7. The number of anilines is 1. The molecule has 3 aromatic rings. The highest BCUT2D eigenvalue weighted by atomic mass is 35.5. The van der Waals surface area contributed by atoms with Gasteiger partial charge in [0.2, 0.25) is 5.88 Å². The van der Waals surface area contributed by atoms with Crippen LogP contribution in [0.5, 0.6) is 11.6 Å². The second-order valence-electron chi connectivity index (χ2n) is 6.01. The topological polar surface area (TPSA) is 77.3 Å². The minimum Gasteiger partial charge on any atom is -0.438 e. The summed E-state index contributed by atoms with van der Waals surface area (Å²) in [5, 5.41) is 13.3. The Bertz CT molecular complexity index is 1160. The number of thiocarbonyl (C=S) groups is 1. The number of benzene rings is 2. The van der Waals surface area contributed by atoms with Gasteiger partial charge in [-0.15, -0.1) is 0 Å².